The van der Waals surface area contributed by atoms with Gasteiger partial charge in [-0.1, -0.05) is 19.1 Å². The molecule has 3 aromatic rings. The molecule has 8 heteroatoms. The minimum Gasteiger partial charge on any atom is -0.399 e. The van der Waals surface area contributed by atoms with Crippen molar-refractivity contribution in [3.05, 3.63) is 65.1 Å². The summed E-state index contributed by atoms with van der Waals surface area (Å²) in [6.07, 6.45) is -1.50. The Morgan fingerprint density at radius 2 is 1.89 bits per heavy atom. The van der Waals surface area contributed by atoms with Crippen LogP contribution in [-0.2, 0) is 23.9 Å². The Balaban J connectivity index is 0.000000208. The number of carbonyl (C=O) groups excluding carboxylic acids is 1. The zero-order chi connectivity index (χ0) is 20.0. The Bertz CT molecular complexity index is 902. The highest BCUT2D eigenvalue weighted by molar-refractivity contribution is 5.47. The quantitative estimate of drug-likeness (QED) is 0.537. The van der Waals surface area contributed by atoms with Crippen LogP contribution in [0.2, 0.25) is 0 Å². The van der Waals surface area contributed by atoms with E-state index in [1.807, 2.05) is 38.1 Å². The van der Waals surface area contributed by atoms with Crippen LogP contribution in [-0.4, -0.2) is 15.8 Å². The van der Waals surface area contributed by atoms with Crippen LogP contribution >= 0.6 is 0 Å². The topological polar surface area (TPSA) is 72.4 Å². The molecular weight excluding hydrogens is 357 g/mol. The number of pyridine rings is 1. The second-order valence-electron chi connectivity index (χ2n) is 5.88. The third-order valence-electron chi connectivity index (χ3n) is 3.99. The maximum absolute atomic E-state index is 12.5. The molecule has 1 amide bonds. The fourth-order valence-corrected chi connectivity index (χ4v) is 2.52. The van der Waals surface area contributed by atoms with Crippen LogP contribution in [0, 0.1) is 6.92 Å². The van der Waals surface area contributed by atoms with E-state index in [1.165, 1.54) is 6.20 Å². The number of carbonyl (C=O) groups is 1. The number of imidazole rings is 1. The highest BCUT2D eigenvalue weighted by Crippen LogP contribution is 2.30. The van der Waals surface area contributed by atoms with Gasteiger partial charge in [-0.05, 0) is 43.2 Å². The zero-order valence-corrected chi connectivity index (χ0v) is 15.0. The van der Waals surface area contributed by atoms with E-state index in [1.54, 1.807) is 4.40 Å². The number of nitrogens with one attached hydrogen (secondary N) is 1. The fourth-order valence-electron chi connectivity index (χ4n) is 2.52. The molecule has 0 saturated carbocycles. The normalized spacial score (nSPS) is 11.0. The van der Waals surface area contributed by atoms with Gasteiger partial charge in [-0.3, -0.25) is 4.79 Å². The van der Waals surface area contributed by atoms with Crippen LogP contribution in [0.5, 0.6) is 0 Å². The molecule has 2 heterocycles. The first-order valence-corrected chi connectivity index (χ1v) is 8.32. The van der Waals surface area contributed by atoms with Gasteiger partial charge in [0.1, 0.15) is 5.65 Å². The molecule has 1 aromatic carbocycles. The number of aromatic nitrogens is 2. The summed E-state index contributed by atoms with van der Waals surface area (Å²) in [6.45, 7) is 4.34. The van der Waals surface area contributed by atoms with E-state index in [9.17, 15) is 18.0 Å². The predicted molar refractivity (Wildman–Crippen MR) is 98.1 cm³/mol. The van der Waals surface area contributed by atoms with Crippen molar-refractivity contribution >= 4 is 17.7 Å². The van der Waals surface area contributed by atoms with Gasteiger partial charge in [-0.25, -0.2) is 4.98 Å². The highest BCUT2D eigenvalue weighted by Gasteiger charge is 2.30. The number of alkyl halides is 3. The molecule has 0 aliphatic rings. The molecule has 0 spiro atoms. The SMILES string of the molecule is CCc1nc2cc(C(F)(F)F)ccn2c1C.Nc1ccc(CNC=O)cc1. The third-order valence-corrected chi connectivity index (χ3v) is 3.99. The summed E-state index contributed by atoms with van der Waals surface area (Å²) >= 11 is 0. The predicted octanol–water partition coefficient (Wildman–Crippen LogP) is 3.74. The molecule has 3 rings (SSSR count). The average molecular weight is 378 g/mol. The van der Waals surface area contributed by atoms with Gasteiger partial charge < -0.3 is 15.5 Å². The van der Waals surface area contributed by atoms with Crippen LogP contribution in [0.1, 0.15) is 29.4 Å². The number of hydrogen-bond donors (Lipinski definition) is 2. The number of rotatable bonds is 4. The van der Waals surface area contributed by atoms with E-state index in [-0.39, 0.29) is 0 Å². The summed E-state index contributed by atoms with van der Waals surface area (Å²) in [6, 6.07) is 9.52. The summed E-state index contributed by atoms with van der Waals surface area (Å²) in [4.78, 5) is 14.1. The van der Waals surface area contributed by atoms with E-state index in [0.717, 1.165) is 41.2 Å². The number of nitrogen functional groups attached to an aromatic ring is 1. The maximum Gasteiger partial charge on any atom is 0.416 e. The van der Waals surface area contributed by atoms with Crippen molar-refractivity contribution in [3.63, 3.8) is 0 Å². The molecule has 0 bridgehead atoms. The van der Waals surface area contributed by atoms with Crippen molar-refractivity contribution in [3.8, 4) is 0 Å². The van der Waals surface area contributed by atoms with Gasteiger partial charge in [0.2, 0.25) is 6.41 Å². The summed E-state index contributed by atoms with van der Waals surface area (Å²) < 4.78 is 39.1. The number of nitrogens with two attached hydrogens (primary N) is 1. The lowest BCUT2D eigenvalue weighted by Gasteiger charge is -2.06. The van der Waals surface area contributed by atoms with Crippen molar-refractivity contribution in [2.45, 2.75) is 33.0 Å². The van der Waals surface area contributed by atoms with Gasteiger partial charge in [0.25, 0.3) is 0 Å². The first kappa shape index (κ1) is 20.3. The zero-order valence-electron chi connectivity index (χ0n) is 15.0. The lowest BCUT2D eigenvalue weighted by atomic mass is 10.2. The van der Waals surface area contributed by atoms with Crippen LogP contribution in [0.15, 0.2) is 42.6 Å². The van der Waals surface area contributed by atoms with Gasteiger partial charge in [-0.2, -0.15) is 13.2 Å². The Morgan fingerprint density at radius 1 is 1.22 bits per heavy atom. The molecule has 27 heavy (non-hydrogen) atoms. The van der Waals surface area contributed by atoms with E-state index in [4.69, 9.17) is 5.73 Å². The molecule has 0 aliphatic heterocycles. The van der Waals surface area contributed by atoms with Crippen LogP contribution in [0.3, 0.4) is 0 Å². The Hall–Kier alpha value is -3.03. The minimum atomic E-state index is -4.31. The number of aryl methyl sites for hydroxylation is 2. The Morgan fingerprint density at radius 3 is 2.44 bits per heavy atom. The van der Waals surface area contributed by atoms with Gasteiger partial charge in [0, 0.05) is 24.1 Å². The molecule has 144 valence electrons. The average Bonchev–Trinajstić information content (AvgIpc) is 2.96. The van der Waals surface area contributed by atoms with Crippen molar-refractivity contribution in [2.75, 3.05) is 5.73 Å². The number of nitrogens with zero attached hydrogens (tertiary/aromatic N) is 2. The van der Waals surface area contributed by atoms with Crippen molar-refractivity contribution in [2.24, 2.45) is 0 Å². The van der Waals surface area contributed by atoms with Gasteiger partial charge >= 0.3 is 6.18 Å². The molecular formula is C19H21F3N4O. The molecule has 2 aromatic heterocycles. The number of fused-ring (bicyclic) bond motifs is 1. The van der Waals surface area contributed by atoms with Gasteiger partial charge in [-0.15, -0.1) is 0 Å². The fraction of sp³-hybridized carbons (Fsp3) is 0.263. The van der Waals surface area contributed by atoms with Crippen molar-refractivity contribution in [1.29, 1.82) is 0 Å². The smallest absolute Gasteiger partial charge is 0.399 e. The van der Waals surface area contributed by atoms with Crippen LogP contribution in [0.25, 0.3) is 5.65 Å². The molecule has 0 fully saturated rings. The minimum absolute atomic E-state index is 0.351. The number of hydrogen-bond acceptors (Lipinski definition) is 3. The standard InChI is InChI=1S/C11H11F3N2.C8H10N2O/c1-3-9-7(2)16-5-4-8(11(12,13)14)6-10(16)15-9;9-8-3-1-7(2-4-8)5-10-6-11/h4-6H,3H2,1-2H3;1-4,6H,5,9H2,(H,10,11). The van der Waals surface area contributed by atoms with Gasteiger partial charge in [0.05, 0.1) is 11.3 Å². The molecule has 5 nitrogen and oxygen atoms in total. The second kappa shape index (κ2) is 8.57. The van der Waals surface area contributed by atoms with Crippen molar-refractivity contribution < 1.29 is 18.0 Å². The highest BCUT2D eigenvalue weighted by atomic mass is 19.4. The molecule has 0 radical (unpaired) electrons. The van der Waals surface area contributed by atoms with E-state index in [0.29, 0.717) is 18.6 Å². The van der Waals surface area contributed by atoms with E-state index >= 15 is 0 Å². The number of halogens is 3. The second-order valence-corrected chi connectivity index (χ2v) is 5.88. The molecule has 0 unspecified atom stereocenters. The molecule has 0 saturated heterocycles. The summed E-state index contributed by atoms with van der Waals surface area (Å²) in [5.41, 5.74) is 8.67. The Kier molecular flexibility index (Phi) is 6.44. The number of benzene rings is 1. The maximum atomic E-state index is 12.5. The van der Waals surface area contributed by atoms with Crippen LogP contribution < -0.4 is 11.1 Å². The van der Waals surface area contributed by atoms with Crippen LogP contribution in [0.4, 0.5) is 18.9 Å². The lowest BCUT2D eigenvalue weighted by Crippen LogP contribution is -2.09. The third kappa shape index (κ3) is 5.22. The summed E-state index contributed by atoms with van der Waals surface area (Å²) in [5, 5.41) is 2.56. The molecule has 0 atom stereocenters. The number of anilines is 1. The molecule has 3 N–H and O–H groups in total. The summed E-state index contributed by atoms with van der Waals surface area (Å²) in [5.74, 6) is 0. The van der Waals surface area contributed by atoms with E-state index in [2.05, 4.69) is 10.3 Å². The van der Waals surface area contributed by atoms with E-state index < -0.39 is 11.7 Å². The first-order valence-electron chi connectivity index (χ1n) is 8.32. The molecule has 0 aliphatic carbocycles. The van der Waals surface area contributed by atoms with Crippen molar-refractivity contribution in [1.82, 2.24) is 14.7 Å². The monoisotopic (exact) mass is 378 g/mol. The first-order chi connectivity index (χ1) is 12.8. The van der Waals surface area contributed by atoms with Gasteiger partial charge in [0.15, 0.2) is 0 Å². The summed E-state index contributed by atoms with van der Waals surface area (Å²) in [7, 11) is 0. The number of amides is 1. The largest absolute Gasteiger partial charge is 0.416 e. The Labute approximate surface area is 155 Å². The lowest BCUT2D eigenvalue weighted by molar-refractivity contribution is -0.137.